The van der Waals surface area contributed by atoms with E-state index in [1.165, 1.54) is 12.1 Å². The summed E-state index contributed by atoms with van der Waals surface area (Å²) in [5.41, 5.74) is 0.123. The van der Waals surface area contributed by atoms with Crippen LogP contribution < -0.4 is 0 Å². The van der Waals surface area contributed by atoms with Gasteiger partial charge >= 0.3 is 0 Å². The normalized spacial score (nSPS) is 10.0. The molecule has 0 bridgehead atoms. The van der Waals surface area contributed by atoms with Crippen LogP contribution in [0.2, 0.25) is 0 Å². The second-order valence-corrected chi connectivity index (χ2v) is 3.49. The van der Waals surface area contributed by atoms with Gasteiger partial charge in [-0.3, -0.25) is 20.2 Å². The fourth-order valence-electron chi connectivity index (χ4n) is 1.57. The molecule has 2 aromatic rings. The van der Waals surface area contributed by atoms with Crippen LogP contribution in [-0.4, -0.2) is 9.85 Å². The molecule has 0 unspecified atom stereocenters. The summed E-state index contributed by atoms with van der Waals surface area (Å²) >= 11 is 0. The average molecular weight is 243 g/mol. The molecule has 0 aliphatic heterocycles. The third-order valence-corrected chi connectivity index (χ3v) is 2.37. The van der Waals surface area contributed by atoms with Gasteiger partial charge in [0, 0.05) is 6.07 Å². The molecule has 0 saturated carbocycles. The lowest BCUT2D eigenvalue weighted by molar-refractivity contribution is -0.394. The lowest BCUT2D eigenvalue weighted by atomic mass is 10.0. The minimum Gasteiger partial charge on any atom is -0.258 e. The second-order valence-electron chi connectivity index (χ2n) is 3.49. The van der Waals surface area contributed by atoms with E-state index in [1.807, 2.05) is 0 Å². The predicted octanol–water partition coefficient (Wildman–Crippen LogP) is 2.97. The maximum Gasteiger partial charge on any atom is 0.292 e. The Morgan fingerprint density at radius 3 is 2.11 bits per heavy atom. The van der Waals surface area contributed by atoms with Crippen molar-refractivity contribution in [3.8, 4) is 11.1 Å². The standard InChI is InChI=1S/C12H7N2O4/c15-13(16)10-6-7-11(12(8-10)14(17)18)9-4-2-1-3-5-9/h1-7H. The highest BCUT2D eigenvalue weighted by atomic mass is 16.6. The topological polar surface area (TPSA) is 86.3 Å². The smallest absolute Gasteiger partial charge is 0.258 e. The minimum atomic E-state index is -0.707. The monoisotopic (exact) mass is 243 g/mol. The summed E-state index contributed by atoms with van der Waals surface area (Å²) in [6.45, 7) is 0. The first-order chi connectivity index (χ1) is 8.59. The van der Waals surface area contributed by atoms with Crippen LogP contribution in [0.1, 0.15) is 0 Å². The summed E-state index contributed by atoms with van der Waals surface area (Å²) in [7, 11) is 0. The van der Waals surface area contributed by atoms with Crippen molar-refractivity contribution < 1.29 is 9.85 Å². The summed E-state index contributed by atoms with van der Waals surface area (Å²) in [6.07, 6.45) is 0. The minimum absolute atomic E-state index is 0.311. The van der Waals surface area contributed by atoms with E-state index in [-0.39, 0.29) is 0 Å². The lowest BCUT2D eigenvalue weighted by Crippen LogP contribution is -1.95. The maximum absolute atomic E-state index is 10.9. The van der Waals surface area contributed by atoms with Gasteiger partial charge in [-0.25, -0.2) is 0 Å². The van der Waals surface area contributed by atoms with Gasteiger partial charge in [-0.1, -0.05) is 30.3 Å². The van der Waals surface area contributed by atoms with Gasteiger partial charge < -0.3 is 0 Å². The van der Waals surface area contributed by atoms with E-state index >= 15 is 0 Å². The van der Waals surface area contributed by atoms with E-state index in [9.17, 15) is 20.2 Å². The zero-order valence-corrected chi connectivity index (χ0v) is 9.07. The molecule has 0 aromatic heterocycles. The molecule has 2 aromatic carbocycles. The lowest BCUT2D eigenvalue weighted by Gasteiger charge is -2.02. The molecule has 0 amide bonds. The van der Waals surface area contributed by atoms with Crippen LogP contribution in [-0.2, 0) is 0 Å². The number of nitro groups is 2. The van der Waals surface area contributed by atoms with Crippen LogP contribution in [0.25, 0.3) is 11.1 Å². The largest absolute Gasteiger partial charge is 0.292 e. The van der Waals surface area contributed by atoms with Crippen molar-refractivity contribution >= 4 is 11.4 Å². The first-order valence-corrected chi connectivity index (χ1v) is 5.00. The van der Waals surface area contributed by atoms with E-state index < -0.39 is 21.2 Å². The molecule has 0 heterocycles. The molecule has 18 heavy (non-hydrogen) atoms. The summed E-state index contributed by atoms with van der Waals surface area (Å²) in [5, 5.41) is 21.5. The molecular weight excluding hydrogens is 236 g/mol. The molecule has 0 spiro atoms. The van der Waals surface area contributed by atoms with Crippen molar-refractivity contribution in [3.63, 3.8) is 0 Å². The van der Waals surface area contributed by atoms with Crippen molar-refractivity contribution in [1.29, 1.82) is 0 Å². The number of nitro benzene ring substituents is 2. The summed E-state index contributed by atoms with van der Waals surface area (Å²) in [5.74, 6) is 0. The first kappa shape index (κ1) is 11.7. The molecule has 0 fully saturated rings. The van der Waals surface area contributed by atoms with Gasteiger partial charge in [-0.2, -0.15) is 0 Å². The molecule has 2 rings (SSSR count). The number of benzene rings is 2. The van der Waals surface area contributed by atoms with Gasteiger partial charge in [0.05, 0.1) is 15.4 Å². The Kier molecular flexibility index (Phi) is 3.01. The van der Waals surface area contributed by atoms with Crippen molar-refractivity contribution in [2.45, 2.75) is 0 Å². The van der Waals surface area contributed by atoms with Gasteiger partial charge in [-0.15, -0.1) is 0 Å². The predicted molar refractivity (Wildman–Crippen MR) is 64.0 cm³/mol. The molecule has 0 aliphatic rings. The van der Waals surface area contributed by atoms with Crippen LogP contribution in [0.15, 0.2) is 42.5 Å². The van der Waals surface area contributed by atoms with E-state index in [2.05, 4.69) is 6.07 Å². The molecule has 0 aliphatic carbocycles. The number of hydrogen-bond donors (Lipinski definition) is 0. The van der Waals surface area contributed by atoms with Crippen molar-refractivity contribution in [2.24, 2.45) is 0 Å². The number of rotatable bonds is 3. The fourth-order valence-corrected chi connectivity index (χ4v) is 1.57. The second kappa shape index (κ2) is 4.62. The average Bonchev–Trinajstić information content (AvgIpc) is 2.39. The van der Waals surface area contributed by atoms with Crippen LogP contribution in [0, 0.1) is 26.3 Å². The quantitative estimate of drug-likeness (QED) is 0.612. The Bertz CT molecular complexity index is 611. The van der Waals surface area contributed by atoms with Gasteiger partial charge in [-0.05, 0) is 11.6 Å². The van der Waals surface area contributed by atoms with Crippen LogP contribution >= 0.6 is 0 Å². The highest BCUT2D eigenvalue weighted by Crippen LogP contribution is 2.32. The molecular formula is C12H7N2O4. The Morgan fingerprint density at radius 2 is 1.56 bits per heavy atom. The summed E-state index contributed by atoms with van der Waals surface area (Å²) < 4.78 is 0. The molecule has 6 heteroatoms. The van der Waals surface area contributed by atoms with E-state index in [4.69, 9.17) is 0 Å². The van der Waals surface area contributed by atoms with Gasteiger partial charge in [0.1, 0.15) is 0 Å². The molecule has 0 N–H and O–H groups in total. The van der Waals surface area contributed by atoms with Gasteiger partial charge in [0.25, 0.3) is 11.4 Å². The van der Waals surface area contributed by atoms with Crippen molar-refractivity contribution in [1.82, 2.24) is 0 Å². The SMILES string of the molecule is O=[N+]([O-])c1[c]c([N+](=O)[O-])c(-c2ccccc2)cc1. The van der Waals surface area contributed by atoms with Gasteiger partial charge in [0.2, 0.25) is 0 Å². The zero-order chi connectivity index (χ0) is 13.1. The third kappa shape index (κ3) is 2.17. The van der Waals surface area contributed by atoms with Crippen molar-refractivity contribution in [3.05, 3.63) is 68.8 Å². The van der Waals surface area contributed by atoms with Gasteiger partial charge in [0.15, 0.2) is 6.07 Å². The Balaban J connectivity index is 2.61. The Labute approximate surface area is 102 Å². The highest BCUT2D eigenvalue weighted by Gasteiger charge is 2.20. The molecule has 6 nitrogen and oxygen atoms in total. The third-order valence-electron chi connectivity index (χ3n) is 2.37. The first-order valence-electron chi connectivity index (χ1n) is 5.00. The Morgan fingerprint density at radius 1 is 0.889 bits per heavy atom. The van der Waals surface area contributed by atoms with E-state index in [1.54, 1.807) is 30.3 Å². The van der Waals surface area contributed by atoms with E-state index in [0.717, 1.165) is 0 Å². The van der Waals surface area contributed by atoms with Crippen LogP contribution in [0.4, 0.5) is 11.4 Å². The van der Waals surface area contributed by atoms with E-state index in [0.29, 0.717) is 11.1 Å². The Hall–Kier alpha value is -2.76. The fraction of sp³-hybridized carbons (Fsp3) is 0. The molecule has 0 saturated heterocycles. The van der Waals surface area contributed by atoms with Crippen LogP contribution in [0.3, 0.4) is 0 Å². The van der Waals surface area contributed by atoms with Crippen molar-refractivity contribution in [2.75, 3.05) is 0 Å². The summed E-state index contributed by atoms with van der Waals surface area (Å²) in [6, 6.07) is 13.4. The number of hydrogen-bond acceptors (Lipinski definition) is 4. The molecule has 89 valence electrons. The summed E-state index contributed by atoms with van der Waals surface area (Å²) in [4.78, 5) is 20.1. The molecule has 1 radical (unpaired) electrons. The van der Waals surface area contributed by atoms with Crippen LogP contribution in [0.5, 0.6) is 0 Å². The molecule has 0 atom stereocenters. The number of non-ortho nitro benzene ring substituents is 1. The highest BCUT2D eigenvalue weighted by molar-refractivity contribution is 5.74. The zero-order valence-electron chi connectivity index (χ0n) is 9.07. The number of nitrogens with zero attached hydrogens (tertiary/aromatic N) is 2. The maximum atomic E-state index is 10.9.